The molecule has 10 atom stereocenters. The maximum atomic E-state index is 14.0. The van der Waals surface area contributed by atoms with Crippen LogP contribution in [-0.4, -0.2) is 103 Å². The van der Waals surface area contributed by atoms with E-state index in [2.05, 4.69) is 43.7 Å². The van der Waals surface area contributed by atoms with Crippen LogP contribution in [0.3, 0.4) is 0 Å². The molecule has 8 unspecified atom stereocenters. The van der Waals surface area contributed by atoms with Gasteiger partial charge in [0.1, 0.15) is 41.0 Å². The number of aromatic nitrogens is 2. The van der Waals surface area contributed by atoms with Gasteiger partial charge in [0.05, 0.1) is 20.8 Å². The highest BCUT2D eigenvalue weighted by molar-refractivity contribution is 5.99. The molecule has 7 aliphatic heterocycles. The number of hydrogen-bond donors (Lipinski definition) is 6. The molecule has 2 spiro atoms. The molecule has 432 valence electrons. The summed E-state index contributed by atoms with van der Waals surface area (Å²) in [5.41, 5.74) is 4.35. The van der Waals surface area contributed by atoms with Crippen LogP contribution in [0.2, 0.25) is 0 Å². The lowest BCUT2D eigenvalue weighted by Crippen LogP contribution is -2.46. The number of rotatable bonds is 6. The highest BCUT2D eigenvalue weighted by Crippen LogP contribution is 2.60. The standard InChI is InChI=1S/C31H34N4O7.C31H32N4O6/c1-15-12-16-10-11-21-18(13-16)31(17-8-6-7-9-19(17)33-29(31)41-21)24-22(26(38)32-20(14-36)28(39)40-5)34-27(42-24)23(30(2,3)4)35-25(15)37;1-15-12-16-10-11-21-18(13-16)31(17-8-6-7-9-19(17)33-29(31)40-21)24-22(26-32-20(14-39-26)28(37)38-5)34-27(41-24)23(30(2,3)4)35-25(15)36/h6-11,13,15,20,23,29,33,36H,12,14H2,1-5H3,(H,32,38)(H,35,37);6-11,13,15,20,23,29,33H,12,14H2,1-5H3,(H,35,36)/t2*15?,20?,23?,29-,31?/m11/s1. The van der Waals surface area contributed by atoms with Crippen LogP contribution in [0.5, 0.6) is 11.5 Å². The lowest BCUT2D eigenvalue weighted by molar-refractivity contribution is -0.144. The van der Waals surface area contributed by atoms with Gasteiger partial charge in [0.2, 0.25) is 29.5 Å². The molecule has 8 bridgehead atoms. The largest absolute Gasteiger partial charge is 0.473 e. The molecule has 0 saturated heterocycles. The molecule has 0 aliphatic carbocycles. The number of ether oxygens (including phenoxy) is 5. The van der Waals surface area contributed by atoms with Gasteiger partial charge in [0.15, 0.2) is 47.4 Å². The number of hydrogen-bond acceptors (Lipinski definition) is 18. The molecule has 83 heavy (non-hydrogen) atoms. The molecule has 9 heterocycles. The van der Waals surface area contributed by atoms with Crippen LogP contribution >= 0.6 is 0 Å². The van der Waals surface area contributed by atoms with Crippen LogP contribution in [0.25, 0.3) is 0 Å². The maximum absolute atomic E-state index is 14.0. The average molecular weight is 1130 g/mol. The zero-order valence-corrected chi connectivity index (χ0v) is 47.7. The van der Waals surface area contributed by atoms with E-state index in [0.29, 0.717) is 41.7 Å². The minimum Gasteiger partial charge on any atom is -0.473 e. The Balaban J connectivity index is 0.000000164. The van der Waals surface area contributed by atoms with E-state index >= 15 is 0 Å². The molecule has 13 rings (SSSR count). The number of carbonyl (C=O) groups excluding carboxylic acids is 5. The number of esters is 2. The van der Waals surface area contributed by atoms with E-state index in [1.807, 2.05) is 128 Å². The van der Waals surface area contributed by atoms with E-state index in [1.54, 1.807) is 0 Å². The predicted octanol–water partition coefficient (Wildman–Crippen LogP) is 6.68. The van der Waals surface area contributed by atoms with Gasteiger partial charge in [-0.2, -0.15) is 0 Å². The van der Waals surface area contributed by atoms with Crippen molar-refractivity contribution in [3.05, 3.63) is 153 Å². The number of nitrogens with one attached hydrogen (secondary N) is 5. The van der Waals surface area contributed by atoms with Gasteiger partial charge in [0, 0.05) is 34.3 Å². The molecular weight excluding hydrogens is 1060 g/mol. The van der Waals surface area contributed by atoms with E-state index in [1.165, 1.54) is 14.2 Å². The van der Waals surface area contributed by atoms with Crippen LogP contribution in [0, 0.1) is 22.7 Å². The Bertz CT molecular complexity index is 3690. The van der Waals surface area contributed by atoms with Gasteiger partial charge < -0.3 is 64.2 Å². The van der Waals surface area contributed by atoms with Gasteiger partial charge in [-0.1, -0.05) is 116 Å². The number of carbonyl (C=O) groups is 5. The summed E-state index contributed by atoms with van der Waals surface area (Å²) < 4.78 is 42.2. The molecule has 6 aromatic rings. The van der Waals surface area contributed by atoms with Crippen molar-refractivity contribution in [1.29, 1.82) is 0 Å². The van der Waals surface area contributed by atoms with Gasteiger partial charge >= 0.3 is 11.9 Å². The Morgan fingerprint density at radius 1 is 0.687 bits per heavy atom. The molecule has 21 nitrogen and oxygen atoms in total. The molecule has 21 heteroatoms. The Labute approximate surface area is 478 Å². The first-order valence-electron chi connectivity index (χ1n) is 27.8. The third-order valence-electron chi connectivity index (χ3n) is 16.8. The topological polar surface area (TPSA) is 276 Å². The van der Waals surface area contributed by atoms with Crippen molar-refractivity contribution in [3.63, 3.8) is 0 Å². The quantitative estimate of drug-likeness (QED) is 0.0949. The molecule has 7 aliphatic rings. The second kappa shape index (κ2) is 20.0. The number of fused-ring (bicyclic) bond motifs is 8. The van der Waals surface area contributed by atoms with Crippen LogP contribution in [0.15, 0.2) is 98.8 Å². The summed E-state index contributed by atoms with van der Waals surface area (Å²) in [5.74, 6) is -0.297. The van der Waals surface area contributed by atoms with Gasteiger partial charge in [-0.15, -0.1) is 0 Å². The number of para-hydroxylation sites is 2. The molecular formula is C62H66N8O13. The number of anilines is 2. The van der Waals surface area contributed by atoms with Crippen molar-refractivity contribution in [2.75, 3.05) is 38.1 Å². The Hall–Kier alpha value is -8.72. The summed E-state index contributed by atoms with van der Waals surface area (Å²) in [5, 5.41) is 25.7. The number of oxazole rings is 2. The number of nitrogens with zero attached hydrogens (tertiary/aromatic N) is 3. The monoisotopic (exact) mass is 1130 g/mol. The highest BCUT2D eigenvalue weighted by atomic mass is 16.5. The van der Waals surface area contributed by atoms with Crippen molar-refractivity contribution in [3.8, 4) is 11.5 Å². The molecule has 6 N–H and O–H groups in total. The molecule has 0 fully saturated rings. The number of amides is 3. The fourth-order valence-corrected chi connectivity index (χ4v) is 12.5. The van der Waals surface area contributed by atoms with E-state index in [9.17, 15) is 29.1 Å². The number of aliphatic imine (C=N–C) groups is 1. The smallest absolute Gasteiger partial charge is 0.334 e. The number of benzene rings is 4. The third-order valence-corrected chi connectivity index (χ3v) is 16.8. The normalized spacial score (nSPS) is 26.1. The lowest BCUT2D eigenvalue weighted by atomic mass is 9.72. The van der Waals surface area contributed by atoms with E-state index in [-0.39, 0.29) is 53.5 Å². The zero-order valence-electron chi connectivity index (χ0n) is 47.7. The third kappa shape index (κ3) is 8.75. The minimum atomic E-state index is -1.32. The molecule has 0 radical (unpaired) electrons. The summed E-state index contributed by atoms with van der Waals surface area (Å²) >= 11 is 0. The van der Waals surface area contributed by atoms with Gasteiger partial charge in [0.25, 0.3) is 5.91 Å². The first-order valence-corrected chi connectivity index (χ1v) is 27.8. The van der Waals surface area contributed by atoms with Crippen molar-refractivity contribution in [2.45, 2.75) is 116 Å². The first-order chi connectivity index (χ1) is 39.6. The maximum Gasteiger partial charge on any atom is 0.334 e. The van der Waals surface area contributed by atoms with Crippen LogP contribution in [0.1, 0.15) is 140 Å². The van der Waals surface area contributed by atoms with Crippen LogP contribution in [-0.2, 0) is 57.1 Å². The summed E-state index contributed by atoms with van der Waals surface area (Å²) in [4.78, 5) is 79.7. The summed E-state index contributed by atoms with van der Waals surface area (Å²) in [6.07, 6.45) is -0.166. The Kier molecular flexibility index (Phi) is 13.2. The molecule has 4 aromatic carbocycles. The Morgan fingerprint density at radius 2 is 1.19 bits per heavy atom. The summed E-state index contributed by atoms with van der Waals surface area (Å²) in [6.45, 7) is 15.1. The molecule has 2 aromatic heterocycles. The minimum absolute atomic E-state index is 0.0308. The fraction of sp³-hybridized carbons (Fsp3) is 0.419. The predicted molar refractivity (Wildman–Crippen MR) is 300 cm³/mol. The number of aliphatic hydroxyl groups is 1. The fourth-order valence-electron chi connectivity index (χ4n) is 12.5. The lowest BCUT2D eigenvalue weighted by Gasteiger charge is -2.31. The van der Waals surface area contributed by atoms with Crippen molar-refractivity contribution < 1.29 is 61.6 Å². The van der Waals surface area contributed by atoms with E-state index in [4.69, 9.17) is 42.5 Å². The second-order valence-corrected chi connectivity index (χ2v) is 24.5. The van der Waals surface area contributed by atoms with Gasteiger partial charge in [-0.3, -0.25) is 14.4 Å². The molecule has 0 saturated carbocycles. The van der Waals surface area contributed by atoms with E-state index < -0.39 is 82.7 Å². The van der Waals surface area contributed by atoms with Crippen molar-refractivity contribution >= 4 is 46.9 Å². The number of methoxy groups -OCH3 is 2. The van der Waals surface area contributed by atoms with Crippen LogP contribution in [0.4, 0.5) is 11.4 Å². The van der Waals surface area contributed by atoms with Crippen molar-refractivity contribution in [1.82, 2.24) is 25.9 Å². The van der Waals surface area contributed by atoms with Gasteiger partial charge in [-0.05, 0) is 70.2 Å². The van der Waals surface area contributed by atoms with Crippen molar-refractivity contribution in [2.24, 2.45) is 27.7 Å². The number of aliphatic hydroxyl groups excluding tert-OH is 1. The zero-order chi connectivity index (χ0) is 58.7. The van der Waals surface area contributed by atoms with Gasteiger partial charge in [-0.25, -0.2) is 24.5 Å². The summed E-state index contributed by atoms with van der Waals surface area (Å²) in [6, 6.07) is 24.2. The molecule has 3 amide bonds. The summed E-state index contributed by atoms with van der Waals surface area (Å²) in [7, 11) is 2.49. The van der Waals surface area contributed by atoms with Crippen LogP contribution < -0.4 is 36.1 Å². The first kappa shape index (κ1) is 54.8. The van der Waals surface area contributed by atoms with E-state index in [0.717, 1.165) is 44.8 Å². The second-order valence-electron chi connectivity index (χ2n) is 24.5. The highest BCUT2D eigenvalue weighted by Gasteiger charge is 2.63. The Morgan fingerprint density at radius 3 is 1.70 bits per heavy atom. The average Bonchev–Trinajstić information content (AvgIpc) is 1.60. The SMILES string of the molecule is COC(=O)C(CO)NC(=O)c1nc2oc1C13c4ccccc4N[C@@H]1Oc1ccc(cc13)CC(C)C(=O)NC2C(C)(C)C.COC(=O)C1COC(c2nc3oc2C24c5ccccc5N[C@@H]2Oc2ccc(cc24)CC(C)C(=O)NC3C(C)(C)C)=N1.